The second-order valence-electron chi connectivity index (χ2n) is 4.84. The van der Waals surface area contributed by atoms with Crippen LogP contribution in [0.5, 0.6) is 5.75 Å². The first-order valence-corrected chi connectivity index (χ1v) is 7.34. The number of morpholine rings is 1. The van der Waals surface area contributed by atoms with Gasteiger partial charge in [-0.15, -0.1) is 0 Å². The minimum absolute atomic E-state index is 0.667. The van der Waals surface area contributed by atoms with Gasteiger partial charge < -0.3 is 19.0 Å². The molecule has 6 heteroatoms. The van der Waals surface area contributed by atoms with E-state index in [0.29, 0.717) is 6.61 Å². The van der Waals surface area contributed by atoms with Crippen LogP contribution in [0.2, 0.25) is 0 Å². The van der Waals surface area contributed by atoms with Gasteiger partial charge in [-0.25, -0.2) is 0 Å². The standard InChI is InChI=1S/C14H19N3O2S/c1-2-19-11-3-4-13-12(9-11)15-14(20)17(13)10-16-5-7-18-8-6-16/h3-4,9H,2,5-8,10H2,1H3,(H,15,20). The largest absolute Gasteiger partial charge is 0.494 e. The van der Waals surface area contributed by atoms with Crippen LogP contribution in [0.4, 0.5) is 0 Å². The molecule has 1 saturated heterocycles. The molecule has 1 aromatic heterocycles. The highest BCUT2D eigenvalue weighted by molar-refractivity contribution is 7.71. The number of aromatic nitrogens is 2. The van der Waals surface area contributed by atoms with E-state index in [0.717, 1.165) is 54.5 Å². The Bertz CT molecular complexity index is 643. The van der Waals surface area contributed by atoms with Crippen molar-refractivity contribution >= 4 is 23.3 Å². The lowest BCUT2D eigenvalue weighted by Gasteiger charge is -2.27. The summed E-state index contributed by atoms with van der Waals surface area (Å²) in [4.78, 5) is 5.61. The Hall–Kier alpha value is -1.37. The predicted octanol–water partition coefficient (Wildman–Crippen LogP) is 2.39. The normalized spacial score (nSPS) is 16.6. The zero-order valence-electron chi connectivity index (χ0n) is 11.6. The first kappa shape index (κ1) is 13.6. The van der Waals surface area contributed by atoms with Gasteiger partial charge in [0, 0.05) is 19.2 Å². The minimum Gasteiger partial charge on any atom is -0.494 e. The van der Waals surface area contributed by atoms with E-state index in [9.17, 15) is 0 Å². The number of nitrogens with zero attached hydrogens (tertiary/aromatic N) is 2. The number of imidazole rings is 1. The molecule has 2 aromatic rings. The number of hydrogen-bond donors (Lipinski definition) is 1. The number of H-pyrrole nitrogens is 1. The summed E-state index contributed by atoms with van der Waals surface area (Å²) >= 11 is 5.44. The van der Waals surface area contributed by atoms with E-state index < -0.39 is 0 Å². The van der Waals surface area contributed by atoms with Crippen LogP contribution < -0.4 is 4.74 Å². The molecule has 0 saturated carbocycles. The van der Waals surface area contributed by atoms with Crippen molar-refractivity contribution in [3.8, 4) is 5.75 Å². The number of hydrogen-bond acceptors (Lipinski definition) is 4. The fourth-order valence-corrected chi connectivity index (χ4v) is 2.75. The Morgan fingerprint density at radius 1 is 1.35 bits per heavy atom. The molecule has 0 radical (unpaired) electrons. The van der Waals surface area contributed by atoms with Gasteiger partial charge >= 0.3 is 0 Å². The summed E-state index contributed by atoms with van der Waals surface area (Å²) in [6.07, 6.45) is 0. The monoisotopic (exact) mass is 293 g/mol. The molecular formula is C14H19N3O2S. The fraction of sp³-hybridized carbons (Fsp3) is 0.500. The maximum atomic E-state index is 5.52. The van der Waals surface area contributed by atoms with E-state index in [1.807, 2.05) is 19.1 Å². The van der Waals surface area contributed by atoms with Gasteiger partial charge in [0.2, 0.25) is 0 Å². The van der Waals surface area contributed by atoms with Crippen molar-refractivity contribution in [2.75, 3.05) is 32.9 Å². The van der Waals surface area contributed by atoms with Gasteiger partial charge in [0.1, 0.15) is 5.75 Å². The lowest BCUT2D eigenvalue weighted by molar-refractivity contribution is 0.0239. The summed E-state index contributed by atoms with van der Waals surface area (Å²) in [5, 5.41) is 0. The fourth-order valence-electron chi connectivity index (χ4n) is 2.48. The molecule has 3 rings (SSSR count). The van der Waals surface area contributed by atoms with Crippen molar-refractivity contribution in [3.05, 3.63) is 23.0 Å². The van der Waals surface area contributed by atoms with Gasteiger partial charge in [0.15, 0.2) is 4.77 Å². The highest BCUT2D eigenvalue weighted by Crippen LogP contribution is 2.21. The molecule has 0 unspecified atom stereocenters. The molecule has 0 spiro atoms. The second-order valence-corrected chi connectivity index (χ2v) is 5.23. The Morgan fingerprint density at radius 3 is 2.90 bits per heavy atom. The van der Waals surface area contributed by atoms with E-state index >= 15 is 0 Å². The Balaban J connectivity index is 1.90. The zero-order valence-corrected chi connectivity index (χ0v) is 12.4. The number of rotatable bonds is 4. The van der Waals surface area contributed by atoms with Gasteiger partial charge in [-0.3, -0.25) is 4.90 Å². The van der Waals surface area contributed by atoms with Crippen molar-refractivity contribution in [3.63, 3.8) is 0 Å². The van der Waals surface area contributed by atoms with Crippen molar-refractivity contribution in [2.24, 2.45) is 0 Å². The molecule has 1 N–H and O–H groups in total. The quantitative estimate of drug-likeness (QED) is 0.879. The van der Waals surface area contributed by atoms with Crippen LogP contribution >= 0.6 is 12.2 Å². The summed E-state index contributed by atoms with van der Waals surface area (Å²) in [5.41, 5.74) is 2.14. The third-order valence-corrected chi connectivity index (χ3v) is 3.82. The van der Waals surface area contributed by atoms with Gasteiger partial charge in [-0.1, -0.05) is 0 Å². The number of fused-ring (bicyclic) bond motifs is 1. The lowest BCUT2D eigenvalue weighted by Crippen LogP contribution is -2.37. The molecule has 0 atom stereocenters. The van der Waals surface area contributed by atoms with Crippen molar-refractivity contribution in [2.45, 2.75) is 13.6 Å². The van der Waals surface area contributed by atoms with E-state index in [4.69, 9.17) is 21.7 Å². The maximum Gasteiger partial charge on any atom is 0.179 e. The average molecular weight is 293 g/mol. The van der Waals surface area contributed by atoms with Crippen molar-refractivity contribution < 1.29 is 9.47 Å². The molecule has 5 nitrogen and oxygen atoms in total. The van der Waals surface area contributed by atoms with Crippen LogP contribution in [-0.2, 0) is 11.4 Å². The van der Waals surface area contributed by atoms with Crippen LogP contribution in [0.1, 0.15) is 6.92 Å². The van der Waals surface area contributed by atoms with Gasteiger partial charge in [0.05, 0.1) is 37.5 Å². The maximum absolute atomic E-state index is 5.52. The van der Waals surface area contributed by atoms with Crippen LogP contribution in [0.25, 0.3) is 11.0 Å². The molecule has 108 valence electrons. The molecule has 0 bridgehead atoms. The highest BCUT2D eigenvalue weighted by atomic mass is 32.1. The SMILES string of the molecule is CCOc1ccc2c(c1)[nH]c(=S)n2CN1CCOCC1. The van der Waals surface area contributed by atoms with Crippen LogP contribution in [-0.4, -0.2) is 47.4 Å². The summed E-state index contributed by atoms with van der Waals surface area (Å²) < 4.78 is 13.8. The van der Waals surface area contributed by atoms with Gasteiger partial charge in [-0.05, 0) is 31.3 Å². The summed E-state index contributed by atoms with van der Waals surface area (Å²) in [6.45, 7) is 6.94. The third-order valence-electron chi connectivity index (χ3n) is 3.50. The first-order valence-electron chi connectivity index (χ1n) is 6.93. The van der Waals surface area contributed by atoms with Crippen LogP contribution in [0.15, 0.2) is 18.2 Å². The van der Waals surface area contributed by atoms with E-state index in [1.54, 1.807) is 0 Å². The summed E-state index contributed by atoms with van der Waals surface area (Å²) in [5.74, 6) is 0.870. The van der Waals surface area contributed by atoms with E-state index in [-0.39, 0.29) is 0 Å². The minimum atomic E-state index is 0.667. The molecule has 1 aliphatic heterocycles. The predicted molar refractivity (Wildman–Crippen MR) is 80.7 cm³/mol. The van der Waals surface area contributed by atoms with Crippen LogP contribution in [0.3, 0.4) is 0 Å². The van der Waals surface area contributed by atoms with Gasteiger partial charge in [-0.2, -0.15) is 0 Å². The lowest BCUT2D eigenvalue weighted by atomic mass is 10.3. The number of benzene rings is 1. The van der Waals surface area contributed by atoms with Crippen molar-refractivity contribution in [1.82, 2.24) is 14.5 Å². The summed E-state index contributed by atoms with van der Waals surface area (Å²) in [6, 6.07) is 6.06. The highest BCUT2D eigenvalue weighted by Gasteiger charge is 2.13. The van der Waals surface area contributed by atoms with Gasteiger partial charge in [0.25, 0.3) is 0 Å². The van der Waals surface area contributed by atoms with Crippen molar-refractivity contribution in [1.29, 1.82) is 0 Å². The molecule has 1 fully saturated rings. The molecule has 0 amide bonds. The number of nitrogens with one attached hydrogen (secondary N) is 1. The molecule has 2 heterocycles. The first-order chi connectivity index (χ1) is 9.78. The topological polar surface area (TPSA) is 42.4 Å². The zero-order chi connectivity index (χ0) is 13.9. The Morgan fingerprint density at radius 2 is 2.15 bits per heavy atom. The Labute approximate surface area is 123 Å². The summed E-state index contributed by atoms with van der Waals surface area (Å²) in [7, 11) is 0. The smallest absolute Gasteiger partial charge is 0.179 e. The molecule has 20 heavy (non-hydrogen) atoms. The molecule has 1 aromatic carbocycles. The number of ether oxygens (including phenoxy) is 2. The molecular weight excluding hydrogens is 274 g/mol. The number of aromatic amines is 1. The molecule has 1 aliphatic rings. The second kappa shape index (κ2) is 5.95. The van der Waals surface area contributed by atoms with E-state index in [2.05, 4.69) is 20.5 Å². The average Bonchev–Trinajstić information content (AvgIpc) is 2.76. The molecule has 0 aliphatic carbocycles. The Kier molecular flexibility index (Phi) is 4.05. The van der Waals surface area contributed by atoms with Crippen LogP contribution in [0, 0.1) is 4.77 Å². The van der Waals surface area contributed by atoms with E-state index in [1.165, 1.54) is 0 Å². The third kappa shape index (κ3) is 2.72.